The first kappa shape index (κ1) is 25.5. The monoisotopic (exact) mass is 514 g/mol. The first-order valence-corrected chi connectivity index (χ1v) is 14.3. The minimum atomic E-state index is -0.368. The number of aromatic nitrogens is 4. The van der Waals surface area contributed by atoms with Crippen LogP contribution in [0.15, 0.2) is 42.7 Å². The Morgan fingerprint density at radius 3 is 2.47 bits per heavy atom. The van der Waals surface area contributed by atoms with E-state index in [4.69, 9.17) is 4.74 Å². The van der Waals surface area contributed by atoms with Gasteiger partial charge in [0.25, 0.3) is 0 Å². The number of rotatable bonds is 6. The fourth-order valence-corrected chi connectivity index (χ4v) is 6.87. The van der Waals surface area contributed by atoms with E-state index < -0.39 is 0 Å². The van der Waals surface area contributed by atoms with Crippen LogP contribution in [-0.2, 0) is 4.74 Å². The molecule has 38 heavy (non-hydrogen) atoms. The van der Waals surface area contributed by atoms with Crippen molar-refractivity contribution in [3.63, 3.8) is 0 Å². The van der Waals surface area contributed by atoms with Crippen molar-refractivity contribution in [1.82, 2.24) is 24.8 Å². The van der Waals surface area contributed by atoms with Gasteiger partial charge in [-0.2, -0.15) is 5.10 Å². The van der Waals surface area contributed by atoms with Crippen molar-refractivity contribution in [1.29, 1.82) is 0 Å². The molecule has 8 nitrogen and oxygen atoms in total. The van der Waals surface area contributed by atoms with Crippen molar-refractivity contribution in [2.45, 2.75) is 89.5 Å². The lowest BCUT2D eigenvalue weighted by molar-refractivity contribution is -0.0394. The average molecular weight is 514 g/mol. The second-order valence-electron chi connectivity index (χ2n) is 11.4. The van der Waals surface area contributed by atoms with Gasteiger partial charge in [0.2, 0.25) is 0 Å². The highest BCUT2D eigenvalue weighted by molar-refractivity contribution is 6.45. The van der Waals surface area contributed by atoms with Gasteiger partial charge in [-0.3, -0.25) is 0 Å². The molecular formula is C29H39BN6O2. The third-order valence-corrected chi connectivity index (χ3v) is 8.89. The van der Waals surface area contributed by atoms with E-state index >= 15 is 0 Å². The molecule has 1 aromatic carbocycles. The average Bonchev–Trinajstić information content (AvgIpc) is 3.43. The van der Waals surface area contributed by atoms with Crippen molar-refractivity contribution in [3.8, 4) is 22.4 Å². The van der Waals surface area contributed by atoms with E-state index in [9.17, 15) is 5.02 Å². The molecule has 1 unspecified atom stereocenters. The van der Waals surface area contributed by atoms with Gasteiger partial charge in [-0.25, -0.2) is 4.68 Å². The molecule has 200 valence electrons. The Labute approximate surface area is 226 Å². The Morgan fingerprint density at radius 1 is 1.00 bits per heavy atom. The van der Waals surface area contributed by atoms with Crippen LogP contribution in [0.2, 0.25) is 6.82 Å². The molecule has 9 heteroatoms. The zero-order chi connectivity index (χ0) is 26.2. The molecule has 3 aromatic rings. The van der Waals surface area contributed by atoms with E-state index in [1.807, 2.05) is 17.7 Å². The van der Waals surface area contributed by atoms with Crippen LogP contribution in [0.3, 0.4) is 0 Å². The zero-order valence-corrected chi connectivity index (χ0v) is 22.8. The van der Waals surface area contributed by atoms with E-state index in [2.05, 4.69) is 75.5 Å². The molecule has 2 bridgehead atoms. The normalized spacial score (nSPS) is 25.8. The number of ether oxygens (including phenoxy) is 1. The molecule has 3 atom stereocenters. The summed E-state index contributed by atoms with van der Waals surface area (Å²) in [5, 5.41) is 24.2. The number of piperidine rings is 2. The van der Waals surface area contributed by atoms with Gasteiger partial charge in [-0.05, 0) is 82.0 Å². The van der Waals surface area contributed by atoms with Crippen molar-refractivity contribution >= 4 is 12.9 Å². The third-order valence-electron chi connectivity index (χ3n) is 8.89. The van der Waals surface area contributed by atoms with Gasteiger partial charge in [-0.15, -0.1) is 10.2 Å². The fourth-order valence-electron chi connectivity index (χ4n) is 6.87. The minimum Gasteiger partial charge on any atom is -0.437 e. The molecule has 0 amide bonds. The topological polar surface area (TPSA) is 79.5 Å². The highest BCUT2D eigenvalue weighted by Gasteiger charge is 2.42. The summed E-state index contributed by atoms with van der Waals surface area (Å²) in [5.74, 6) is 0.911. The molecule has 0 aliphatic carbocycles. The Morgan fingerprint density at radius 2 is 1.82 bits per heavy atom. The van der Waals surface area contributed by atoms with Gasteiger partial charge in [0.1, 0.15) is 6.23 Å². The summed E-state index contributed by atoms with van der Waals surface area (Å²) in [7, 11) is 1.77. The number of nitrogens with zero attached hydrogens (tertiary/aromatic N) is 6. The third kappa shape index (κ3) is 4.99. The van der Waals surface area contributed by atoms with Gasteiger partial charge < -0.3 is 19.5 Å². The molecule has 2 aromatic heterocycles. The SMILES string of the molecule is CB(O)N1[C@H]2CCC[C@H]1CC(N(C)c1ccc(-c3ccc(-c4cnn(C5CCCCO5)c4)cc3C)nn1)C2. The molecule has 3 aliphatic heterocycles. The Bertz CT molecular complexity index is 1230. The smallest absolute Gasteiger partial charge is 0.376 e. The van der Waals surface area contributed by atoms with Gasteiger partial charge in [-0.1, -0.05) is 24.6 Å². The van der Waals surface area contributed by atoms with Crippen LogP contribution in [0.25, 0.3) is 22.4 Å². The first-order valence-electron chi connectivity index (χ1n) is 14.3. The van der Waals surface area contributed by atoms with Gasteiger partial charge in [0.05, 0.1) is 11.9 Å². The number of hydrogen-bond donors (Lipinski definition) is 1. The second-order valence-corrected chi connectivity index (χ2v) is 11.4. The fraction of sp³-hybridized carbons (Fsp3) is 0.552. The maximum absolute atomic E-state index is 10.3. The Hall–Kier alpha value is -2.75. The summed E-state index contributed by atoms with van der Waals surface area (Å²) >= 11 is 0. The number of hydrogen-bond acceptors (Lipinski definition) is 7. The van der Waals surface area contributed by atoms with Crippen molar-refractivity contribution < 1.29 is 9.76 Å². The number of fused-ring (bicyclic) bond motifs is 2. The molecule has 1 N–H and O–H groups in total. The molecule has 3 aliphatic rings. The standard InChI is InChI=1S/C29H39BN6O2/c1-20-15-21(22-18-31-35(19-22)29-9-4-5-14-38-29)10-11-26(20)27-12-13-28(33-32-27)34(3)25-16-23-7-6-8-24(17-25)36(23)30(2)37/h10-13,15,18-19,23-25,29,37H,4-9,14,16-17H2,1-3H3/t23-,24-,29?/m0/s1. The van der Waals surface area contributed by atoms with Crippen LogP contribution >= 0.6 is 0 Å². The van der Waals surface area contributed by atoms with Crippen LogP contribution in [0.4, 0.5) is 5.82 Å². The Kier molecular flexibility index (Phi) is 7.25. The summed E-state index contributed by atoms with van der Waals surface area (Å²) in [6, 6.07) is 12.0. The van der Waals surface area contributed by atoms with Crippen LogP contribution in [0.1, 0.15) is 63.2 Å². The summed E-state index contributed by atoms with van der Waals surface area (Å²) in [6.07, 6.45) is 13.1. The largest absolute Gasteiger partial charge is 0.437 e. The van der Waals surface area contributed by atoms with Gasteiger partial charge in [0.15, 0.2) is 5.82 Å². The van der Waals surface area contributed by atoms with Crippen molar-refractivity contribution in [2.75, 3.05) is 18.6 Å². The summed E-state index contributed by atoms with van der Waals surface area (Å²) in [4.78, 5) is 4.63. The zero-order valence-electron chi connectivity index (χ0n) is 22.8. The quantitative estimate of drug-likeness (QED) is 0.467. The maximum atomic E-state index is 10.3. The van der Waals surface area contributed by atoms with E-state index in [1.54, 1.807) is 0 Å². The van der Waals surface area contributed by atoms with Gasteiger partial charge >= 0.3 is 7.05 Å². The molecule has 3 saturated heterocycles. The van der Waals surface area contributed by atoms with E-state index in [0.29, 0.717) is 18.1 Å². The summed E-state index contributed by atoms with van der Waals surface area (Å²) < 4.78 is 7.84. The maximum Gasteiger partial charge on any atom is 0.376 e. The molecule has 3 fully saturated rings. The van der Waals surface area contributed by atoms with E-state index in [-0.39, 0.29) is 13.3 Å². The summed E-state index contributed by atoms with van der Waals surface area (Å²) in [5.41, 5.74) is 5.39. The lowest BCUT2D eigenvalue weighted by Gasteiger charge is -2.51. The second kappa shape index (κ2) is 10.8. The highest BCUT2D eigenvalue weighted by Crippen LogP contribution is 2.37. The minimum absolute atomic E-state index is 0.0511. The van der Waals surface area contributed by atoms with Crippen molar-refractivity contribution in [2.24, 2.45) is 0 Å². The molecule has 5 heterocycles. The number of anilines is 1. The number of benzene rings is 1. The molecular weight excluding hydrogens is 475 g/mol. The lowest BCUT2D eigenvalue weighted by atomic mass is 9.71. The van der Waals surface area contributed by atoms with Crippen LogP contribution in [-0.4, -0.2) is 68.6 Å². The van der Waals surface area contributed by atoms with E-state index in [1.165, 1.54) is 25.7 Å². The van der Waals surface area contributed by atoms with Gasteiger partial charge in [0, 0.05) is 49.1 Å². The molecule has 6 rings (SSSR count). The molecule has 0 saturated carbocycles. The van der Waals surface area contributed by atoms with Crippen LogP contribution in [0, 0.1) is 6.92 Å². The lowest BCUT2D eigenvalue weighted by Crippen LogP contribution is -2.60. The summed E-state index contributed by atoms with van der Waals surface area (Å²) in [6.45, 7) is 4.85. The highest BCUT2D eigenvalue weighted by atomic mass is 16.5. The first-order chi connectivity index (χ1) is 18.5. The molecule has 0 radical (unpaired) electrons. The number of aryl methyl sites for hydroxylation is 1. The van der Waals surface area contributed by atoms with Crippen LogP contribution in [0.5, 0.6) is 0 Å². The predicted octanol–water partition coefficient (Wildman–Crippen LogP) is 4.95. The van der Waals surface area contributed by atoms with Crippen molar-refractivity contribution in [3.05, 3.63) is 48.3 Å². The Balaban J connectivity index is 1.15. The predicted molar refractivity (Wildman–Crippen MR) is 151 cm³/mol. The van der Waals surface area contributed by atoms with Crippen LogP contribution < -0.4 is 4.90 Å². The molecule has 0 spiro atoms. The van der Waals surface area contributed by atoms with E-state index in [0.717, 1.165) is 66.1 Å².